The molecule has 0 aliphatic rings. The van der Waals surface area contributed by atoms with Crippen LogP contribution in [0.1, 0.15) is 52.2 Å². The Labute approximate surface area is 152 Å². The molecule has 2 rings (SSSR count). The average Bonchev–Trinajstić information content (AvgIpc) is 2.60. The summed E-state index contributed by atoms with van der Waals surface area (Å²) in [6, 6.07) is 12.1. The molecule has 0 saturated heterocycles. The summed E-state index contributed by atoms with van der Waals surface area (Å²) in [5.74, 6) is 0.850. The van der Waals surface area contributed by atoms with Gasteiger partial charge in [-0.25, -0.2) is 0 Å². The first-order valence-corrected chi connectivity index (χ1v) is 9.40. The van der Waals surface area contributed by atoms with Gasteiger partial charge in [0.05, 0.1) is 13.2 Å². The Hall–Kier alpha value is -1.58. The Kier molecular flexibility index (Phi) is 6.86. The molecule has 138 valence electrons. The molecule has 0 fully saturated rings. The van der Waals surface area contributed by atoms with E-state index in [1.54, 1.807) is 7.11 Å². The van der Waals surface area contributed by atoms with Crippen LogP contribution >= 0.6 is 0 Å². The quantitative estimate of drug-likeness (QED) is 0.693. The molecule has 0 aliphatic heterocycles. The highest BCUT2D eigenvalue weighted by Crippen LogP contribution is 2.39. The number of methoxy groups -OCH3 is 1. The Bertz CT molecular complexity index is 675. The fourth-order valence-corrected chi connectivity index (χ4v) is 3.70. The number of hydrogen-bond donors (Lipinski definition) is 1. The highest BCUT2D eigenvalue weighted by Gasteiger charge is 2.32. The van der Waals surface area contributed by atoms with Crippen LogP contribution in [0, 0.1) is 5.41 Å². The topological polar surface area (TPSA) is 32.7 Å². The molecule has 1 atom stereocenters. The lowest BCUT2D eigenvalue weighted by atomic mass is 9.80. The van der Waals surface area contributed by atoms with Gasteiger partial charge >= 0.3 is 0 Å². The zero-order valence-electron chi connectivity index (χ0n) is 16.4. The Balaban J connectivity index is 2.35. The molecule has 0 spiro atoms. The van der Waals surface area contributed by atoms with Crippen molar-refractivity contribution in [3.63, 3.8) is 0 Å². The summed E-state index contributed by atoms with van der Waals surface area (Å²) in [6.45, 7) is 11.8. The smallest absolute Gasteiger partial charge is 0.126 e. The third-order valence-corrected chi connectivity index (χ3v) is 4.88. The molecule has 3 heteroatoms. The molecular formula is C22H33NO2. The molecule has 2 aromatic rings. The maximum absolute atomic E-state index is 11.2. The lowest BCUT2D eigenvalue weighted by molar-refractivity contribution is 0.0211. The monoisotopic (exact) mass is 343 g/mol. The average molecular weight is 344 g/mol. The summed E-state index contributed by atoms with van der Waals surface area (Å²) in [4.78, 5) is 2.47. The number of aliphatic hydroxyl groups excluding tert-OH is 1. The van der Waals surface area contributed by atoms with Crippen molar-refractivity contribution in [3.8, 4) is 5.75 Å². The summed E-state index contributed by atoms with van der Waals surface area (Å²) in [6.07, 6.45) is 1.74. The van der Waals surface area contributed by atoms with Crippen molar-refractivity contribution in [1.82, 2.24) is 4.90 Å². The van der Waals surface area contributed by atoms with Crippen molar-refractivity contribution in [2.24, 2.45) is 5.41 Å². The Morgan fingerprint density at radius 2 is 1.60 bits per heavy atom. The largest absolute Gasteiger partial charge is 0.496 e. The van der Waals surface area contributed by atoms with Crippen LogP contribution in [0.15, 0.2) is 36.4 Å². The standard InChI is InChI=1S/C22H33NO2/c1-6-14-23(15-7-2)16-22(3,4)21(24)19-12-13-20(25-5)18-11-9-8-10-17(18)19/h8-13,21,24H,6-7,14-16H2,1-5H3. The van der Waals surface area contributed by atoms with E-state index >= 15 is 0 Å². The van der Waals surface area contributed by atoms with E-state index < -0.39 is 6.10 Å². The SMILES string of the molecule is CCCN(CCC)CC(C)(C)C(O)c1ccc(OC)c2ccccc12. The second kappa shape index (κ2) is 8.68. The normalized spacial score (nSPS) is 13.4. The molecule has 1 N–H and O–H groups in total. The predicted octanol–water partition coefficient (Wildman–Crippen LogP) is 5.03. The van der Waals surface area contributed by atoms with E-state index in [1.165, 1.54) is 0 Å². The van der Waals surface area contributed by atoms with Crippen LogP contribution in [0.25, 0.3) is 10.8 Å². The first-order valence-electron chi connectivity index (χ1n) is 9.40. The molecule has 0 bridgehead atoms. The summed E-state index contributed by atoms with van der Waals surface area (Å²) < 4.78 is 5.49. The molecular weight excluding hydrogens is 310 g/mol. The van der Waals surface area contributed by atoms with Crippen LogP contribution in [0.5, 0.6) is 5.75 Å². The van der Waals surface area contributed by atoms with E-state index in [1.807, 2.05) is 24.3 Å². The summed E-state index contributed by atoms with van der Waals surface area (Å²) in [5, 5.41) is 13.3. The number of nitrogens with zero attached hydrogens (tertiary/aromatic N) is 1. The van der Waals surface area contributed by atoms with Gasteiger partial charge in [-0.3, -0.25) is 0 Å². The van der Waals surface area contributed by atoms with E-state index in [0.29, 0.717) is 0 Å². The van der Waals surface area contributed by atoms with Gasteiger partial charge in [0, 0.05) is 17.3 Å². The van der Waals surface area contributed by atoms with Crippen LogP contribution in [0.2, 0.25) is 0 Å². The zero-order valence-corrected chi connectivity index (χ0v) is 16.4. The number of benzene rings is 2. The van der Waals surface area contributed by atoms with Gasteiger partial charge < -0.3 is 14.7 Å². The highest BCUT2D eigenvalue weighted by atomic mass is 16.5. The Morgan fingerprint density at radius 1 is 1.00 bits per heavy atom. The number of fused-ring (bicyclic) bond motifs is 1. The van der Waals surface area contributed by atoms with Crippen LogP contribution in [0.4, 0.5) is 0 Å². The van der Waals surface area contributed by atoms with E-state index in [9.17, 15) is 5.11 Å². The van der Waals surface area contributed by atoms with Crippen molar-refractivity contribution in [1.29, 1.82) is 0 Å². The minimum atomic E-state index is -0.528. The maximum Gasteiger partial charge on any atom is 0.126 e. The lowest BCUT2D eigenvalue weighted by Crippen LogP contribution is -2.39. The second-order valence-corrected chi connectivity index (χ2v) is 7.57. The first kappa shape index (κ1) is 19.7. The number of ether oxygens (including phenoxy) is 1. The molecule has 3 nitrogen and oxygen atoms in total. The fourth-order valence-electron chi connectivity index (χ4n) is 3.70. The van der Waals surface area contributed by atoms with Gasteiger partial charge in [0.15, 0.2) is 0 Å². The number of aliphatic hydroxyl groups is 1. The van der Waals surface area contributed by atoms with Gasteiger partial charge in [0.1, 0.15) is 5.75 Å². The molecule has 2 aromatic carbocycles. The molecule has 0 aliphatic carbocycles. The molecule has 0 radical (unpaired) electrons. The molecule has 0 amide bonds. The summed E-state index contributed by atoms with van der Waals surface area (Å²) >= 11 is 0. The fraction of sp³-hybridized carbons (Fsp3) is 0.545. The Morgan fingerprint density at radius 3 is 2.16 bits per heavy atom. The van der Waals surface area contributed by atoms with Crippen LogP contribution in [-0.4, -0.2) is 36.8 Å². The molecule has 1 unspecified atom stereocenters. The molecule has 25 heavy (non-hydrogen) atoms. The third kappa shape index (κ3) is 4.53. The molecule has 0 saturated carbocycles. The van der Waals surface area contributed by atoms with E-state index in [2.05, 4.69) is 44.7 Å². The zero-order chi connectivity index (χ0) is 18.4. The van der Waals surface area contributed by atoms with Gasteiger partial charge in [-0.1, -0.05) is 58.0 Å². The molecule has 0 heterocycles. The number of rotatable bonds is 9. The summed E-state index contributed by atoms with van der Waals surface area (Å²) in [5.41, 5.74) is 0.746. The van der Waals surface area contributed by atoms with Gasteiger partial charge in [-0.2, -0.15) is 0 Å². The van der Waals surface area contributed by atoms with E-state index in [-0.39, 0.29) is 5.41 Å². The van der Waals surface area contributed by atoms with Gasteiger partial charge in [-0.15, -0.1) is 0 Å². The highest BCUT2D eigenvalue weighted by molar-refractivity contribution is 5.91. The van der Waals surface area contributed by atoms with Crippen molar-refractivity contribution < 1.29 is 9.84 Å². The van der Waals surface area contributed by atoms with Crippen LogP contribution in [-0.2, 0) is 0 Å². The van der Waals surface area contributed by atoms with Gasteiger partial charge in [0.25, 0.3) is 0 Å². The van der Waals surface area contributed by atoms with Gasteiger partial charge in [-0.05, 0) is 42.9 Å². The van der Waals surface area contributed by atoms with Crippen molar-refractivity contribution in [2.75, 3.05) is 26.7 Å². The van der Waals surface area contributed by atoms with E-state index in [4.69, 9.17) is 4.74 Å². The van der Waals surface area contributed by atoms with Gasteiger partial charge in [0.2, 0.25) is 0 Å². The number of hydrogen-bond acceptors (Lipinski definition) is 3. The van der Waals surface area contributed by atoms with Crippen LogP contribution in [0.3, 0.4) is 0 Å². The first-order chi connectivity index (χ1) is 11.9. The predicted molar refractivity (Wildman–Crippen MR) is 106 cm³/mol. The van der Waals surface area contributed by atoms with Crippen molar-refractivity contribution >= 4 is 10.8 Å². The van der Waals surface area contributed by atoms with Crippen LogP contribution < -0.4 is 4.74 Å². The minimum Gasteiger partial charge on any atom is -0.496 e. The maximum atomic E-state index is 11.2. The second-order valence-electron chi connectivity index (χ2n) is 7.57. The van der Waals surface area contributed by atoms with Crippen molar-refractivity contribution in [2.45, 2.75) is 46.6 Å². The lowest BCUT2D eigenvalue weighted by Gasteiger charge is -2.37. The van der Waals surface area contributed by atoms with E-state index in [0.717, 1.165) is 54.6 Å². The minimum absolute atomic E-state index is 0.234. The summed E-state index contributed by atoms with van der Waals surface area (Å²) in [7, 11) is 1.69. The third-order valence-electron chi connectivity index (χ3n) is 4.88. The molecule has 0 aromatic heterocycles. The van der Waals surface area contributed by atoms with Crippen molar-refractivity contribution in [3.05, 3.63) is 42.0 Å².